The van der Waals surface area contributed by atoms with Crippen LogP contribution in [0.2, 0.25) is 5.15 Å². The van der Waals surface area contributed by atoms with Crippen molar-refractivity contribution in [1.29, 1.82) is 0 Å². The molecule has 0 aromatic carbocycles. The maximum Gasteiger partial charge on any atom is 0.267 e. The summed E-state index contributed by atoms with van der Waals surface area (Å²) in [7, 11) is 0. The van der Waals surface area contributed by atoms with E-state index in [9.17, 15) is 4.79 Å². The van der Waals surface area contributed by atoms with Crippen molar-refractivity contribution in [1.82, 2.24) is 15.3 Å². The second-order valence-corrected chi connectivity index (χ2v) is 5.98. The fraction of sp³-hybridized carbons (Fsp3) is 0.429. The number of nitrogens with zero attached hydrogens (tertiary/aromatic N) is 1. The molecule has 0 aliphatic heterocycles. The number of aromatic nitrogens is 2. The third kappa shape index (κ3) is 1.91. The highest BCUT2D eigenvalue weighted by molar-refractivity contribution is 6.30. The molecule has 2 saturated carbocycles. The van der Waals surface area contributed by atoms with Crippen LogP contribution in [0.4, 0.5) is 0 Å². The first kappa shape index (κ1) is 11.3. The number of H-pyrrole nitrogens is 1. The molecule has 1 amide bonds. The highest BCUT2D eigenvalue weighted by atomic mass is 35.5. The normalized spacial score (nSPS) is 28.4. The molecule has 3 atom stereocenters. The molecular weight excluding hydrogens is 262 g/mol. The molecule has 0 saturated heterocycles. The van der Waals surface area contributed by atoms with E-state index in [2.05, 4.69) is 15.3 Å². The van der Waals surface area contributed by atoms with Crippen LogP contribution in [0.1, 0.15) is 29.8 Å². The van der Waals surface area contributed by atoms with E-state index in [0.29, 0.717) is 16.9 Å². The molecule has 2 aromatic heterocycles. The molecule has 2 aromatic rings. The van der Waals surface area contributed by atoms with Crippen molar-refractivity contribution in [2.45, 2.75) is 25.3 Å². The Morgan fingerprint density at radius 2 is 2.32 bits per heavy atom. The lowest BCUT2D eigenvalue weighted by Crippen LogP contribution is -2.35. The molecule has 3 unspecified atom stereocenters. The van der Waals surface area contributed by atoms with E-state index < -0.39 is 0 Å². The summed E-state index contributed by atoms with van der Waals surface area (Å²) in [5, 5.41) is 4.50. The second kappa shape index (κ2) is 3.97. The summed E-state index contributed by atoms with van der Waals surface area (Å²) in [5.41, 5.74) is 1.42. The first-order valence-electron chi connectivity index (χ1n) is 6.66. The van der Waals surface area contributed by atoms with Gasteiger partial charge in [-0.15, -0.1) is 0 Å². The van der Waals surface area contributed by atoms with Gasteiger partial charge in [-0.1, -0.05) is 11.6 Å². The van der Waals surface area contributed by atoms with Crippen LogP contribution in [-0.4, -0.2) is 21.9 Å². The van der Waals surface area contributed by atoms with Crippen molar-refractivity contribution in [3.05, 3.63) is 29.2 Å². The van der Waals surface area contributed by atoms with Gasteiger partial charge in [0.15, 0.2) is 0 Å². The average Bonchev–Trinajstić information content (AvgIpc) is 2.88. The summed E-state index contributed by atoms with van der Waals surface area (Å²) in [6.45, 7) is 0. The Bertz CT molecular complexity index is 666. The van der Waals surface area contributed by atoms with E-state index in [-0.39, 0.29) is 5.91 Å². The number of nitrogens with one attached hydrogen (secondary N) is 2. The van der Waals surface area contributed by atoms with Gasteiger partial charge in [0.1, 0.15) is 10.8 Å². The zero-order chi connectivity index (χ0) is 13.0. The molecular formula is C14H14ClN3O. The van der Waals surface area contributed by atoms with Crippen LogP contribution in [0.5, 0.6) is 0 Å². The number of hydrogen-bond acceptors (Lipinski definition) is 2. The molecule has 0 spiro atoms. The van der Waals surface area contributed by atoms with Gasteiger partial charge in [0, 0.05) is 11.4 Å². The first-order valence-corrected chi connectivity index (χ1v) is 7.03. The molecule has 2 fully saturated rings. The van der Waals surface area contributed by atoms with Crippen molar-refractivity contribution in [3.8, 4) is 0 Å². The number of rotatable bonds is 2. The van der Waals surface area contributed by atoms with Crippen molar-refractivity contribution >= 4 is 28.4 Å². The van der Waals surface area contributed by atoms with E-state index in [4.69, 9.17) is 11.6 Å². The van der Waals surface area contributed by atoms with Crippen molar-refractivity contribution in [2.24, 2.45) is 11.8 Å². The van der Waals surface area contributed by atoms with Gasteiger partial charge in [-0.3, -0.25) is 4.79 Å². The smallest absolute Gasteiger partial charge is 0.267 e. The van der Waals surface area contributed by atoms with Gasteiger partial charge in [-0.25, -0.2) is 4.98 Å². The Labute approximate surface area is 115 Å². The zero-order valence-corrected chi connectivity index (χ0v) is 11.1. The number of fused-ring (bicyclic) bond motifs is 2. The Morgan fingerprint density at radius 1 is 1.42 bits per heavy atom. The number of pyridine rings is 1. The maximum atomic E-state index is 12.2. The lowest BCUT2D eigenvalue weighted by molar-refractivity contribution is 0.0929. The van der Waals surface area contributed by atoms with Crippen molar-refractivity contribution in [2.75, 3.05) is 0 Å². The number of hydrogen-bond donors (Lipinski definition) is 2. The highest BCUT2D eigenvalue weighted by Gasteiger charge is 2.48. The number of carbonyl (C=O) groups is 1. The van der Waals surface area contributed by atoms with E-state index in [0.717, 1.165) is 29.2 Å². The van der Waals surface area contributed by atoms with Crippen LogP contribution in [0.15, 0.2) is 18.3 Å². The molecule has 4 nitrogen and oxygen atoms in total. The molecule has 0 radical (unpaired) electrons. The van der Waals surface area contributed by atoms with Crippen molar-refractivity contribution in [3.63, 3.8) is 0 Å². The molecule has 98 valence electrons. The van der Waals surface area contributed by atoms with E-state index in [1.807, 2.05) is 6.07 Å². The highest BCUT2D eigenvalue weighted by Crippen LogP contribution is 2.51. The van der Waals surface area contributed by atoms with Crippen LogP contribution < -0.4 is 5.32 Å². The Morgan fingerprint density at radius 3 is 3.05 bits per heavy atom. The van der Waals surface area contributed by atoms with Gasteiger partial charge >= 0.3 is 0 Å². The molecule has 0 bridgehead atoms. The first-order chi connectivity index (χ1) is 9.20. The van der Waals surface area contributed by atoms with Crippen LogP contribution >= 0.6 is 11.6 Å². The third-order valence-corrected chi connectivity index (χ3v) is 4.58. The quantitative estimate of drug-likeness (QED) is 0.828. The summed E-state index contributed by atoms with van der Waals surface area (Å²) in [4.78, 5) is 19.3. The van der Waals surface area contributed by atoms with E-state index >= 15 is 0 Å². The minimum Gasteiger partial charge on any atom is -0.349 e. The molecule has 4 rings (SSSR count). The predicted molar refractivity (Wildman–Crippen MR) is 73.2 cm³/mol. The topological polar surface area (TPSA) is 57.8 Å². The second-order valence-electron chi connectivity index (χ2n) is 5.59. The minimum absolute atomic E-state index is 0.0233. The summed E-state index contributed by atoms with van der Waals surface area (Å²) in [6, 6.07) is 3.96. The van der Waals surface area contributed by atoms with Gasteiger partial charge < -0.3 is 10.3 Å². The SMILES string of the molecule is O=C(NC1CCC2CC21)c1cc2cc(Cl)ncc2[nH]1. The van der Waals surface area contributed by atoms with Gasteiger partial charge in [-0.2, -0.15) is 0 Å². The largest absolute Gasteiger partial charge is 0.349 e. The maximum absolute atomic E-state index is 12.2. The van der Waals surface area contributed by atoms with Gasteiger partial charge in [0.05, 0.1) is 11.7 Å². The summed E-state index contributed by atoms with van der Waals surface area (Å²) >= 11 is 5.84. The summed E-state index contributed by atoms with van der Waals surface area (Å²) in [6.07, 6.45) is 5.33. The minimum atomic E-state index is -0.0233. The monoisotopic (exact) mass is 275 g/mol. The number of amides is 1. The number of carbonyl (C=O) groups excluding carboxylic acids is 1. The van der Waals surface area contributed by atoms with Gasteiger partial charge in [-0.05, 0) is 43.2 Å². The van der Waals surface area contributed by atoms with Gasteiger partial charge in [0.2, 0.25) is 0 Å². The van der Waals surface area contributed by atoms with Crippen molar-refractivity contribution < 1.29 is 4.79 Å². The van der Waals surface area contributed by atoms with Crippen LogP contribution in [0.25, 0.3) is 10.9 Å². The fourth-order valence-corrected chi connectivity index (χ4v) is 3.42. The Hall–Kier alpha value is -1.55. The van der Waals surface area contributed by atoms with Crippen LogP contribution in [0, 0.1) is 11.8 Å². The Balaban J connectivity index is 1.57. The number of halogens is 1. The molecule has 2 aliphatic carbocycles. The zero-order valence-electron chi connectivity index (χ0n) is 10.3. The van der Waals surface area contributed by atoms with Gasteiger partial charge in [0.25, 0.3) is 5.91 Å². The number of aromatic amines is 1. The average molecular weight is 276 g/mol. The molecule has 2 N–H and O–H groups in total. The summed E-state index contributed by atoms with van der Waals surface area (Å²) in [5.74, 6) is 1.57. The third-order valence-electron chi connectivity index (χ3n) is 4.38. The predicted octanol–water partition coefficient (Wildman–Crippen LogP) is 2.74. The Kier molecular flexibility index (Phi) is 2.36. The molecule has 5 heteroatoms. The van der Waals surface area contributed by atoms with Crippen LogP contribution in [0.3, 0.4) is 0 Å². The lowest BCUT2D eigenvalue weighted by Gasteiger charge is -2.13. The lowest BCUT2D eigenvalue weighted by atomic mass is 10.1. The molecule has 19 heavy (non-hydrogen) atoms. The fourth-order valence-electron chi connectivity index (χ4n) is 3.26. The molecule has 2 aliphatic rings. The molecule has 2 heterocycles. The van der Waals surface area contributed by atoms with E-state index in [1.165, 1.54) is 12.8 Å². The summed E-state index contributed by atoms with van der Waals surface area (Å²) < 4.78 is 0. The van der Waals surface area contributed by atoms with E-state index in [1.54, 1.807) is 12.3 Å². The van der Waals surface area contributed by atoms with Crippen LogP contribution in [-0.2, 0) is 0 Å². The standard InChI is InChI=1S/C14H14ClN3O/c15-13-5-8-4-11(17-12(8)6-16-13)14(19)18-10-2-1-7-3-9(7)10/h4-7,9-10,17H,1-3H2,(H,18,19).